The van der Waals surface area contributed by atoms with Crippen LogP contribution in [0, 0.1) is 0 Å². The van der Waals surface area contributed by atoms with Gasteiger partial charge in [-0.15, -0.1) is 0 Å². The number of hydrogen-bond donors (Lipinski definition) is 0. The van der Waals surface area contributed by atoms with Gasteiger partial charge in [0.05, 0.1) is 0 Å². The number of nitrogens with zero attached hydrogens (tertiary/aromatic N) is 1. The summed E-state index contributed by atoms with van der Waals surface area (Å²) in [4.78, 5) is 4.22. The molecule has 0 atom stereocenters. The van der Waals surface area contributed by atoms with Gasteiger partial charge in [0, 0.05) is 18.0 Å². The van der Waals surface area contributed by atoms with Gasteiger partial charge in [-0.05, 0) is 34.5 Å². The highest BCUT2D eigenvalue weighted by Gasteiger charge is 2.03. The molecule has 0 aliphatic heterocycles. The third-order valence-corrected chi connectivity index (χ3v) is 3.51. The van der Waals surface area contributed by atoms with Crippen molar-refractivity contribution in [1.82, 2.24) is 4.98 Å². The van der Waals surface area contributed by atoms with Gasteiger partial charge in [0.25, 0.3) is 0 Å². The van der Waals surface area contributed by atoms with E-state index in [2.05, 4.69) is 70.0 Å². The third kappa shape index (κ3) is 3.67. The summed E-state index contributed by atoms with van der Waals surface area (Å²) >= 11 is 2.42. The van der Waals surface area contributed by atoms with Crippen LogP contribution in [0.25, 0.3) is 5.57 Å². The third-order valence-electron chi connectivity index (χ3n) is 2.74. The van der Waals surface area contributed by atoms with Crippen molar-refractivity contribution in [2.75, 3.05) is 4.43 Å². The molecule has 0 saturated carbocycles. The highest BCUT2D eigenvalue weighted by atomic mass is 127. The topological polar surface area (TPSA) is 12.9 Å². The molecule has 0 aliphatic carbocycles. The average Bonchev–Trinajstić information content (AvgIpc) is 2.46. The van der Waals surface area contributed by atoms with Gasteiger partial charge in [-0.1, -0.05) is 65.1 Å². The number of allylic oxidation sites excluding steroid dienone is 1. The van der Waals surface area contributed by atoms with Crippen molar-refractivity contribution in [3.05, 3.63) is 72.1 Å². The van der Waals surface area contributed by atoms with E-state index < -0.39 is 0 Å². The van der Waals surface area contributed by atoms with E-state index >= 15 is 0 Å². The lowest BCUT2D eigenvalue weighted by atomic mass is 9.98. The molecule has 1 nitrogen and oxygen atoms in total. The molecule has 18 heavy (non-hydrogen) atoms. The Hall–Kier alpha value is -1.16. The molecule has 2 aromatic rings. The minimum absolute atomic E-state index is 1.11. The van der Waals surface area contributed by atoms with E-state index in [4.69, 9.17) is 0 Å². The number of hydrogen-bond acceptors (Lipinski definition) is 1. The quantitative estimate of drug-likeness (QED) is 0.432. The molecule has 0 N–H and O–H groups in total. The lowest BCUT2D eigenvalue weighted by Crippen LogP contribution is -1.89. The maximum atomic E-state index is 4.22. The molecule has 2 heteroatoms. The molecule has 1 aromatic heterocycles. The number of aromatic nitrogens is 1. The molecule has 2 rings (SSSR count). The first-order valence-electron chi connectivity index (χ1n) is 6.14. The van der Waals surface area contributed by atoms with E-state index in [0.717, 1.165) is 6.42 Å². The van der Waals surface area contributed by atoms with Gasteiger partial charge in [-0.25, -0.2) is 0 Å². The predicted octanol–water partition coefficient (Wildman–Crippen LogP) is 4.73. The summed E-state index contributed by atoms with van der Waals surface area (Å²) in [6.07, 6.45) is 8.41. The fourth-order valence-corrected chi connectivity index (χ4v) is 2.31. The van der Waals surface area contributed by atoms with Gasteiger partial charge in [-0.3, -0.25) is 4.98 Å². The minimum Gasteiger partial charge on any atom is -0.264 e. The number of unbranched alkanes of at least 4 members (excludes halogenated alkanes) is 1. The zero-order valence-corrected chi connectivity index (χ0v) is 12.4. The highest BCUT2D eigenvalue weighted by molar-refractivity contribution is 14.1. The monoisotopic (exact) mass is 349 g/mol. The van der Waals surface area contributed by atoms with Gasteiger partial charge in [-0.2, -0.15) is 0 Å². The number of rotatable bonds is 5. The Balaban J connectivity index is 2.33. The first kappa shape index (κ1) is 13.3. The maximum absolute atomic E-state index is 4.22. The second-order valence-electron chi connectivity index (χ2n) is 4.06. The zero-order chi connectivity index (χ0) is 12.6. The van der Waals surface area contributed by atoms with E-state index in [1.165, 1.54) is 27.5 Å². The van der Waals surface area contributed by atoms with Crippen LogP contribution in [-0.2, 0) is 0 Å². The Morgan fingerprint density at radius 3 is 2.50 bits per heavy atom. The summed E-state index contributed by atoms with van der Waals surface area (Å²) < 4.78 is 1.20. The molecule has 0 spiro atoms. The molecule has 0 aliphatic rings. The fourth-order valence-electron chi connectivity index (χ4n) is 1.87. The molecule has 1 aromatic carbocycles. The van der Waals surface area contributed by atoms with Crippen molar-refractivity contribution in [3.8, 4) is 0 Å². The molecular weight excluding hydrogens is 333 g/mol. The second kappa shape index (κ2) is 7.31. The van der Waals surface area contributed by atoms with Gasteiger partial charge in [0.15, 0.2) is 0 Å². The summed E-state index contributed by atoms with van der Waals surface area (Å²) in [5.74, 6) is 0. The maximum Gasteiger partial charge on any atom is 0.0346 e. The molecule has 0 radical (unpaired) electrons. The van der Waals surface area contributed by atoms with Crippen LogP contribution in [-0.4, -0.2) is 9.41 Å². The summed E-state index contributed by atoms with van der Waals surface area (Å²) in [6, 6.07) is 14.6. The van der Waals surface area contributed by atoms with Crippen LogP contribution in [0.3, 0.4) is 0 Å². The number of benzene rings is 1. The number of halogens is 1. The molecular formula is C16H16IN. The standard InChI is InChI=1S/C16H16IN/c17-11-5-4-10-16(14-7-2-1-3-8-14)15-9-6-12-18-13-15/h1-3,6-10,12-13H,4-5,11H2/b16-10-. The van der Waals surface area contributed by atoms with Gasteiger partial charge < -0.3 is 0 Å². The zero-order valence-electron chi connectivity index (χ0n) is 10.2. The molecule has 0 saturated heterocycles. The average molecular weight is 349 g/mol. The van der Waals surface area contributed by atoms with Crippen LogP contribution in [0.2, 0.25) is 0 Å². The highest BCUT2D eigenvalue weighted by Crippen LogP contribution is 2.23. The van der Waals surface area contributed by atoms with Crippen LogP contribution >= 0.6 is 22.6 Å². The summed E-state index contributed by atoms with van der Waals surface area (Å²) in [5, 5.41) is 0. The number of pyridine rings is 1. The Bertz CT molecular complexity index is 450. The summed E-state index contributed by atoms with van der Waals surface area (Å²) in [5.41, 5.74) is 3.74. The normalized spacial score (nSPS) is 11.5. The largest absolute Gasteiger partial charge is 0.264 e. The van der Waals surface area contributed by atoms with E-state index in [9.17, 15) is 0 Å². The molecule has 0 unspecified atom stereocenters. The van der Waals surface area contributed by atoms with Gasteiger partial charge in [0.1, 0.15) is 0 Å². The fraction of sp³-hybridized carbons (Fsp3) is 0.188. The molecule has 92 valence electrons. The van der Waals surface area contributed by atoms with Crippen LogP contribution < -0.4 is 0 Å². The van der Waals surface area contributed by atoms with Crippen LogP contribution in [0.15, 0.2) is 60.9 Å². The Labute approximate surface area is 122 Å². The van der Waals surface area contributed by atoms with Crippen molar-refractivity contribution in [1.29, 1.82) is 0 Å². The van der Waals surface area contributed by atoms with E-state index in [-0.39, 0.29) is 0 Å². The van der Waals surface area contributed by atoms with Crippen molar-refractivity contribution in [3.63, 3.8) is 0 Å². The van der Waals surface area contributed by atoms with Gasteiger partial charge >= 0.3 is 0 Å². The minimum atomic E-state index is 1.11. The molecule has 0 amide bonds. The molecule has 0 bridgehead atoms. The van der Waals surface area contributed by atoms with Crippen molar-refractivity contribution >= 4 is 28.2 Å². The molecule has 1 heterocycles. The van der Waals surface area contributed by atoms with Gasteiger partial charge in [0.2, 0.25) is 0 Å². The van der Waals surface area contributed by atoms with Crippen LogP contribution in [0.1, 0.15) is 24.0 Å². The predicted molar refractivity (Wildman–Crippen MR) is 85.9 cm³/mol. The lowest BCUT2D eigenvalue weighted by Gasteiger charge is -2.08. The smallest absolute Gasteiger partial charge is 0.0346 e. The first-order valence-corrected chi connectivity index (χ1v) is 7.66. The second-order valence-corrected chi connectivity index (χ2v) is 5.14. The summed E-state index contributed by atoms with van der Waals surface area (Å²) in [6.45, 7) is 0. The van der Waals surface area contributed by atoms with E-state index in [1.54, 1.807) is 0 Å². The molecule has 0 fully saturated rings. The van der Waals surface area contributed by atoms with Crippen LogP contribution in [0.4, 0.5) is 0 Å². The van der Waals surface area contributed by atoms with Crippen LogP contribution in [0.5, 0.6) is 0 Å². The van der Waals surface area contributed by atoms with Crippen molar-refractivity contribution < 1.29 is 0 Å². The van der Waals surface area contributed by atoms with E-state index in [0.29, 0.717) is 0 Å². The Morgan fingerprint density at radius 1 is 1.06 bits per heavy atom. The SMILES string of the molecule is ICCC/C=C(/c1ccccc1)c1cccnc1. The Morgan fingerprint density at radius 2 is 1.83 bits per heavy atom. The first-order chi connectivity index (χ1) is 8.92. The van der Waals surface area contributed by atoms with E-state index in [1.807, 2.05) is 18.5 Å². The van der Waals surface area contributed by atoms with Crippen molar-refractivity contribution in [2.45, 2.75) is 12.8 Å². The Kier molecular flexibility index (Phi) is 5.39. The van der Waals surface area contributed by atoms with Crippen molar-refractivity contribution in [2.24, 2.45) is 0 Å². The number of alkyl halides is 1. The lowest BCUT2D eigenvalue weighted by molar-refractivity contribution is 0.987. The summed E-state index contributed by atoms with van der Waals surface area (Å²) in [7, 11) is 0.